The van der Waals surface area contributed by atoms with E-state index in [2.05, 4.69) is 5.32 Å². The number of carbonyl (C=O) groups excluding carboxylic acids is 1. The highest BCUT2D eigenvalue weighted by Crippen LogP contribution is 2.44. The van der Waals surface area contributed by atoms with E-state index in [1.807, 2.05) is 7.05 Å². The van der Waals surface area contributed by atoms with E-state index < -0.39 is 0 Å². The number of hydrogen-bond donors (Lipinski definition) is 2. The molecule has 1 heterocycles. The average Bonchev–Trinajstić information content (AvgIpc) is 2.91. The summed E-state index contributed by atoms with van der Waals surface area (Å²) in [6, 6.07) is -0.0102. The molecule has 2 N–H and O–H groups in total. The van der Waals surface area contributed by atoms with Crippen molar-refractivity contribution in [2.45, 2.75) is 25.3 Å². The molecule has 1 unspecified atom stereocenters. The molecule has 4 heteroatoms. The lowest BCUT2D eigenvalue weighted by molar-refractivity contribution is -0.128. The molecule has 1 aliphatic heterocycles. The van der Waals surface area contributed by atoms with Gasteiger partial charge in [-0.15, -0.1) is 0 Å². The molecule has 0 aromatic rings. The van der Waals surface area contributed by atoms with Crippen molar-refractivity contribution in [3.05, 3.63) is 0 Å². The van der Waals surface area contributed by atoms with Crippen LogP contribution in [0.15, 0.2) is 0 Å². The van der Waals surface area contributed by atoms with Crippen molar-refractivity contribution in [2.24, 2.45) is 5.41 Å². The third-order valence-corrected chi connectivity index (χ3v) is 3.44. The minimum Gasteiger partial charge on any atom is -0.396 e. The van der Waals surface area contributed by atoms with E-state index >= 15 is 0 Å². The first-order chi connectivity index (χ1) is 6.67. The molecule has 4 nitrogen and oxygen atoms in total. The topological polar surface area (TPSA) is 52.6 Å². The molecule has 2 aliphatic rings. The highest BCUT2D eigenvalue weighted by molar-refractivity contribution is 5.83. The third kappa shape index (κ3) is 1.77. The van der Waals surface area contributed by atoms with Gasteiger partial charge in [0.05, 0.1) is 6.04 Å². The molecule has 80 valence electrons. The van der Waals surface area contributed by atoms with E-state index in [0.717, 1.165) is 32.4 Å². The first kappa shape index (κ1) is 9.93. The van der Waals surface area contributed by atoms with Crippen LogP contribution in [0.25, 0.3) is 0 Å². The van der Waals surface area contributed by atoms with E-state index in [-0.39, 0.29) is 24.0 Å². The summed E-state index contributed by atoms with van der Waals surface area (Å²) < 4.78 is 0. The maximum absolute atomic E-state index is 11.5. The second-order valence-corrected chi connectivity index (χ2v) is 4.64. The van der Waals surface area contributed by atoms with Crippen LogP contribution in [0.5, 0.6) is 0 Å². The summed E-state index contributed by atoms with van der Waals surface area (Å²) in [5.74, 6) is 0.193. The molecular weight excluding hydrogens is 180 g/mol. The zero-order valence-electron chi connectivity index (χ0n) is 8.62. The molecule has 0 radical (unpaired) electrons. The molecule has 1 amide bonds. The van der Waals surface area contributed by atoms with Gasteiger partial charge in [-0.1, -0.05) is 0 Å². The Kier molecular flexibility index (Phi) is 2.49. The van der Waals surface area contributed by atoms with Crippen LogP contribution in [0.4, 0.5) is 0 Å². The van der Waals surface area contributed by atoms with Gasteiger partial charge in [0.1, 0.15) is 0 Å². The monoisotopic (exact) mass is 198 g/mol. The normalized spacial score (nSPS) is 29.7. The van der Waals surface area contributed by atoms with Gasteiger partial charge in [-0.25, -0.2) is 0 Å². The lowest BCUT2D eigenvalue weighted by Gasteiger charge is -2.16. The largest absolute Gasteiger partial charge is 0.396 e. The van der Waals surface area contributed by atoms with Gasteiger partial charge in [0.25, 0.3) is 0 Å². The lowest BCUT2D eigenvalue weighted by atomic mass is 10.1. The zero-order chi connectivity index (χ0) is 10.2. The summed E-state index contributed by atoms with van der Waals surface area (Å²) in [5.41, 5.74) is 0.0987. The number of likely N-dealkylation sites (N-methyl/N-ethyl adjacent to an activating group) is 1. The van der Waals surface area contributed by atoms with Crippen LogP contribution < -0.4 is 5.32 Å². The molecule has 0 spiro atoms. The van der Waals surface area contributed by atoms with Crippen LogP contribution in [0, 0.1) is 5.41 Å². The van der Waals surface area contributed by atoms with Crippen molar-refractivity contribution in [1.29, 1.82) is 0 Å². The van der Waals surface area contributed by atoms with Crippen molar-refractivity contribution >= 4 is 5.91 Å². The minimum absolute atomic E-state index is 0.0102. The van der Waals surface area contributed by atoms with Crippen molar-refractivity contribution < 1.29 is 9.90 Å². The third-order valence-electron chi connectivity index (χ3n) is 3.44. The molecule has 0 bridgehead atoms. The van der Waals surface area contributed by atoms with E-state index in [1.54, 1.807) is 4.90 Å². The Balaban J connectivity index is 1.79. The zero-order valence-corrected chi connectivity index (χ0v) is 8.62. The molecule has 2 fully saturated rings. The quantitative estimate of drug-likeness (QED) is 0.645. The summed E-state index contributed by atoms with van der Waals surface area (Å²) in [6.45, 7) is 1.88. The Morgan fingerprint density at radius 2 is 2.36 bits per heavy atom. The maximum atomic E-state index is 11.5. The summed E-state index contributed by atoms with van der Waals surface area (Å²) >= 11 is 0. The van der Waals surface area contributed by atoms with Crippen LogP contribution in [-0.2, 0) is 4.79 Å². The van der Waals surface area contributed by atoms with Gasteiger partial charge in [-0.05, 0) is 19.3 Å². The Bertz CT molecular complexity index is 238. The maximum Gasteiger partial charge on any atom is 0.239 e. The number of carbonyl (C=O) groups is 1. The van der Waals surface area contributed by atoms with Gasteiger partial charge < -0.3 is 15.3 Å². The second kappa shape index (κ2) is 3.51. The van der Waals surface area contributed by atoms with Crippen molar-refractivity contribution in [3.63, 3.8) is 0 Å². The van der Waals surface area contributed by atoms with Gasteiger partial charge in [-0.2, -0.15) is 0 Å². The molecule has 1 saturated heterocycles. The van der Waals surface area contributed by atoms with Gasteiger partial charge in [0, 0.05) is 32.2 Å². The fourth-order valence-corrected chi connectivity index (χ4v) is 1.92. The molecule has 1 atom stereocenters. The Hall–Kier alpha value is -0.610. The number of hydrogen-bond acceptors (Lipinski definition) is 3. The first-order valence-corrected chi connectivity index (χ1v) is 5.26. The average molecular weight is 198 g/mol. The second-order valence-electron chi connectivity index (χ2n) is 4.64. The van der Waals surface area contributed by atoms with Crippen LogP contribution >= 0.6 is 0 Å². The number of aliphatic hydroxyl groups is 1. The number of nitrogens with zero attached hydrogens (tertiary/aromatic N) is 1. The number of likely N-dealkylation sites (tertiary alicyclic amines) is 1. The summed E-state index contributed by atoms with van der Waals surface area (Å²) in [7, 11) is 1.84. The molecule has 14 heavy (non-hydrogen) atoms. The van der Waals surface area contributed by atoms with Crippen LogP contribution in [0.3, 0.4) is 0 Å². The number of nitrogens with one attached hydrogen (secondary N) is 1. The Morgan fingerprint density at radius 1 is 1.64 bits per heavy atom. The standard InChI is InChI=1S/C10H18N2O2/c1-12-5-2-8(9(12)14)11-6-10(7-13)3-4-10/h8,11,13H,2-7H2,1H3. The van der Waals surface area contributed by atoms with Crippen molar-refractivity contribution in [1.82, 2.24) is 10.2 Å². The first-order valence-electron chi connectivity index (χ1n) is 5.26. The highest BCUT2D eigenvalue weighted by Gasteiger charge is 2.43. The SMILES string of the molecule is CN1CCC(NCC2(CO)CC2)C1=O. The number of rotatable bonds is 4. The minimum atomic E-state index is -0.0102. The highest BCUT2D eigenvalue weighted by atomic mass is 16.3. The summed E-state index contributed by atoms with van der Waals surface area (Å²) in [5, 5.41) is 12.4. The van der Waals surface area contributed by atoms with Gasteiger partial charge in [0.15, 0.2) is 0 Å². The predicted octanol–water partition coefficient (Wildman–Crippen LogP) is -0.421. The van der Waals surface area contributed by atoms with Crippen LogP contribution in [-0.4, -0.2) is 48.7 Å². The van der Waals surface area contributed by atoms with Gasteiger partial charge >= 0.3 is 0 Å². The van der Waals surface area contributed by atoms with Crippen LogP contribution in [0.2, 0.25) is 0 Å². The molecule has 1 aliphatic carbocycles. The molecule has 2 rings (SSSR count). The Labute approximate surface area is 84.3 Å². The van der Waals surface area contributed by atoms with E-state index in [1.165, 1.54) is 0 Å². The van der Waals surface area contributed by atoms with Crippen molar-refractivity contribution in [3.8, 4) is 0 Å². The van der Waals surface area contributed by atoms with Crippen LogP contribution in [0.1, 0.15) is 19.3 Å². The number of amides is 1. The molecular formula is C10H18N2O2. The summed E-state index contributed by atoms with van der Waals surface area (Å²) in [6.07, 6.45) is 3.08. The lowest BCUT2D eigenvalue weighted by Crippen LogP contribution is -2.40. The van der Waals surface area contributed by atoms with E-state index in [4.69, 9.17) is 5.11 Å². The molecule has 0 aromatic heterocycles. The van der Waals surface area contributed by atoms with E-state index in [9.17, 15) is 4.79 Å². The Morgan fingerprint density at radius 3 is 2.79 bits per heavy atom. The number of aliphatic hydroxyl groups excluding tert-OH is 1. The molecule has 0 aromatic carbocycles. The van der Waals surface area contributed by atoms with Gasteiger partial charge in [0.2, 0.25) is 5.91 Å². The van der Waals surface area contributed by atoms with E-state index in [0.29, 0.717) is 0 Å². The smallest absolute Gasteiger partial charge is 0.239 e. The van der Waals surface area contributed by atoms with Gasteiger partial charge in [-0.3, -0.25) is 4.79 Å². The fraction of sp³-hybridized carbons (Fsp3) is 0.900. The summed E-state index contributed by atoms with van der Waals surface area (Å²) in [4.78, 5) is 13.3. The molecule has 1 saturated carbocycles. The van der Waals surface area contributed by atoms with Crippen molar-refractivity contribution in [2.75, 3.05) is 26.7 Å². The fourth-order valence-electron chi connectivity index (χ4n) is 1.92. The predicted molar refractivity (Wildman–Crippen MR) is 52.8 cm³/mol.